The first-order chi connectivity index (χ1) is 11.2. The number of rotatable bonds is 5. The van der Waals surface area contributed by atoms with Crippen molar-refractivity contribution >= 4 is 22.9 Å². The highest BCUT2D eigenvalue weighted by Gasteiger charge is 2.21. The summed E-state index contributed by atoms with van der Waals surface area (Å²) in [6.07, 6.45) is 1.91. The molecule has 2 N–H and O–H groups in total. The summed E-state index contributed by atoms with van der Waals surface area (Å²) in [4.78, 5) is 19.0. The Morgan fingerprint density at radius 1 is 1.35 bits per heavy atom. The predicted octanol–water partition coefficient (Wildman–Crippen LogP) is 1.70. The molecule has 0 unspecified atom stereocenters. The maximum atomic E-state index is 12.3. The van der Waals surface area contributed by atoms with E-state index in [1.807, 2.05) is 35.8 Å². The number of aliphatic hydroxyl groups is 1. The molecule has 6 heteroatoms. The van der Waals surface area contributed by atoms with Crippen LogP contribution in [0.4, 0.5) is 5.95 Å². The first kappa shape index (κ1) is 16.0. The highest BCUT2D eigenvalue weighted by molar-refractivity contribution is 5.92. The van der Waals surface area contributed by atoms with Crippen LogP contribution >= 0.6 is 0 Å². The van der Waals surface area contributed by atoms with Crippen LogP contribution in [0.25, 0.3) is 11.0 Å². The SMILES string of the molecule is CCn1c(NC(=O)CN2CCC(CO)CC2)nc2ccccc21. The molecule has 6 nitrogen and oxygen atoms in total. The van der Waals surface area contributed by atoms with Gasteiger partial charge in [0.15, 0.2) is 0 Å². The zero-order valence-corrected chi connectivity index (χ0v) is 13.5. The van der Waals surface area contributed by atoms with E-state index in [0.717, 1.165) is 43.5 Å². The Bertz CT molecular complexity index is 674. The molecule has 124 valence electrons. The molecule has 0 radical (unpaired) electrons. The average molecular weight is 316 g/mol. The van der Waals surface area contributed by atoms with Gasteiger partial charge in [-0.05, 0) is 50.9 Å². The number of hydrogen-bond donors (Lipinski definition) is 2. The van der Waals surface area contributed by atoms with Gasteiger partial charge in [-0.3, -0.25) is 15.0 Å². The van der Waals surface area contributed by atoms with Crippen molar-refractivity contribution in [1.29, 1.82) is 0 Å². The molecule has 1 aliphatic rings. The molecule has 0 aliphatic carbocycles. The van der Waals surface area contributed by atoms with Crippen LogP contribution in [0.1, 0.15) is 19.8 Å². The van der Waals surface area contributed by atoms with E-state index in [2.05, 4.69) is 15.2 Å². The number of para-hydroxylation sites is 2. The molecule has 1 aromatic carbocycles. The topological polar surface area (TPSA) is 70.4 Å². The number of nitrogens with zero attached hydrogens (tertiary/aromatic N) is 3. The lowest BCUT2D eigenvalue weighted by molar-refractivity contribution is -0.117. The van der Waals surface area contributed by atoms with E-state index in [1.165, 1.54) is 0 Å². The summed E-state index contributed by atoms with van der Waals surface area (Å²) in [5.41, 5.74) is 1.93. The highest BCUT2D eigenvalue weighted by atomic mass is 16.3. The lowest BCUT2D eigenvalue weighted by Gasteiger charge is -2.30. The van der Waals surface area contributed by atoms with E-state index >= 15 is 0 Å². The van der Waals surface area contributed by atoms with Crippen molar-refractivity contribution in [2.45, 2.75) is 26.3 Å². The molecule has 3 rings (SSSR count). The lowest BCUT2D eigenvalue weighted by Crippen LogP contribution is -2.40. The summed E-state index contributed by atoms with van der Waals surface area (Å²) in [5, 5.41) is 12.1. The fourth-order valence-corrected chi connectivity index (χ4v) is 3.19. The number of carbonyl (C=O) groups excluding carboxylic acids is 1. The van der Waals surface area contributed by atoms with Crippen LogP contribution in [-0.2, 0) is 11.3 Å². The minimum absolute atomic E-state index is 0.0301. The van der Waals surface area contributed by atoms with E-state index in [9.17, 15) is 9.90 Å². The zero-order chi connectivity index (χ0) is 16.2. The number of piperidine rings is 1. The van der Waals surface area contributed by atoms with E-state index in [1.54, 1.807) is 0 Å². The Kier molecular flexibility index (Phi) is 4.93. The highest BCUT2D eigenvalue weighted by Crippen LogP contribution is 2.20. The summed E-state index contributed by atoms with van der Waals surface area (Å²) in [6.45, 7) is 5.17. The second-order valence-electron chi connectivity index (χ2n) is 6.12. The lowest BCUT2D eigenvalue weighted by atomic mass is 9.98. The standard InChI is InChI=1S/C17H24N4O2/c1-2-21-15-6-4-3-5-14(15)18-17(21)19-16(23)11-20-9-7-13(12-22)8-10-20/h3-6,13,22H,2,7-12H2,1H3,(H,18,19,23). The minimum atomic E-state index is -0.0301. The first-order valence-corrected chi connectivity index (χ1v) is 8.29. The molecule has 1 aliphatic heterocycles. The number of carbonyl (C=O) groups is 1. The molecule has 1 aromatic heterocycles. The number of fused-ring (bicyclic) bond motifs is 1. The maximum absolute atomic E-state index is 12.3. The number of nitrogens with one attached hydrogen (secondary N) is 1. The van der Waals surface area contributed by atoms with Gasteiger partial charge in [-0.15, -0.1) is 0 Å². The number of aliphatic hydroxyl groups excluding tert-OH is 1. The molecule has 0 atom stereocenters. The second kappa shape index (κ2) is 7.10. The molecule has 0 spiro atoms. The first-order valence-electron chi connectivity index (χ1n) is 8.29. The van der Waals surface area contributed by atoms with Crippen molar-refractivity contribution in [3.8, 4) is 0 Å². The summed E-state index contributed by atoms with van der Waals surface area (Å²) >= 11 is 0. The number of amides is 1. The second-order valence-corrected chi connectivity index (χ2v) is 6.12. The van der Waals surface area contributed by atoms with Crippen molar-refractivity contribution < 1.29 is 9.90 Å². The molecule has 1 saturated heterocycles. The van der Waals surface area contributed by atoms with Gasteiger partial charge in [0.05, 0.1) is 17.6 Å². The Labute approximate surface area is 136 Å². The summed E-state index contributed by atoms with van der Waals surface area (Å²) in [6, 6.07) is 7.90. The fourth-order valence-electron chi connectivity index (χ4n) is 3.19. The van der Waals surface area contributed by atoms with Crippen LogP contribution in [0.3, 0.4) is 0 Å². The molecular formula is C17H24N4O2. The number of hydrogen-bond acceptors (Lipinski definition) is 4. The van der Waals surface area contributed by atoms with Crippen LogP contribution in [-0.4, -0.2) is 51.7 Å². The van der Waals surface area contributed by atoms with Gasteiger partial charge in [0.2, 0.25) is 11.9 Å². The predicted molar refractivity (Wildman–Crippen MR) is 90.3 cm³/mol. The molecule has 1 fully saturated rings. The Morgan fingerprint density at radius 3 is 2.78 bits per heavy atom. The van der Waals surface area contributed by atoms with Crippen molar-refractivity contribution in [2.75, 3.05) is 31.6 Å². The number of aromatic nitrogens is 2. The van der Waals surface area contributed by atoms with Crippen molar-refractivity contribution in [2.24, 2.45) is 5.92 Å². The van der Waals surface area contributed by atoms with Gasteiger partial charge in [-0.1, -0.05) is 12.1 Å². The van der Waals surface area contributed by atoms with Crippen LogP contribution in [0.5, 0.6) is 0 Å². The maximum Gasteiger partial charge on any atom is 0.240 e. The van der Waals surface area contributed by atoms with E-state index in [4.69, 9.17) is 0 Å². The fraction of sp³-hybridized carbons (Fsp3) is 0.529. The number of anilines is 1. The third kappa shape index (κ3) is 3.54. The number of aryl methyl sites for hydroxylation is 1. The number of likely N-dealkylation sites (tertiary alicyclic amines) is 1. The molecule has 23 heavy (non-hydrogen) atoms. The third-order valence-electron chi connectivity index (χ3n) is 4.55. The quantitative estimate of drug-likeness (QED) is 0.881. The van der Waals surface area contributed by atoms with Crippen molar-refractivity contribution in [3.05, 3.63) is 24.3 Å². The Morgan fingerprint density at radius 2 is 2.09 bits per heavy atom. The van der Waals surface area contributed by atoms with Crippen LogP contribution in [0.2, 0.25) is 0 Å². The van der Waals surface area contributed by atoms with Gasteiger partial charge in [0.25, 0.3) is 0 Å². The smallest absolute Gasteiger partial charge is 0.240 e. The summed E-state index contributed by atoms with van der Waals surface area (Å²) < 4.78 is 2.02. The van der Waals surface area contributed by atoms with E-state index < -0.39 is 0 Å². The van der Waals surface area contributed by atoms with Crippen LogP contribution in [0, 0.1) is 5.92 Å². The Hall–Kier alpha value is -1.92. The molecule has 0 bridgehead atoms. The third-order valence-corrected chi connectivity index (χ3v) is 4.55. The Balaban J connectivity index is 1.64. The van der Waals surface area contributed by atoms with Crippen LogP contribution < -0.4 is 5.32 Å². The molecule has 2 heterocycles. The number of benzene rings is 1. The normalized spacial score (nSPS) is 16.8. The number of imidazole rings is 1. The van der Waals surface area contributed by atoms with Crippen molar-refractivity contribution in [3.63, 3.8) is 0 Å². The van der Waals surface area contributed by atoms with Crippen LogP contribution in [0.15, 0.2) is 24.3 Å². The largest absolute Gasteiger partial charge is 0.396 e. The average Bonchev–Trinajstić information content (AvgIpc) is 2.92. The van der Waals surface area contributed by atoms with Gasteiger partial charge in [0.1, 0.15) is 0 Å². The molecular weight excluding hydrogens is 292 g/mol. The molecule has 1 amide bonds. The van der Waals surface area contributed by atoms with Gasteiger partial charge in [-0.2, -0.15) is 0 Å². The minimum Gasteiger partial charge on any atom is -0.396 e. The van der Waals surface area contributed by atoms with Gasteiger partial charge in [0, 0.05) is 13.2 Å². The van der Waals surface area contributed by atoms with E-state index in [0.29, 0.717) is 18.4 Å². The molecule has 0 saturated carbocycles. The van der Waals surface area contributed by atoms with Gasteiger partial charge < -0.3 is 9.67 Å². The van der Waals surface area contributed by atoms with Gasteiger partial charge >= 0.3 is 0 Å². The van der Waals surface area contributed by atoms with Crippen molar-refractivity contribution in [1.82, 2.24) is 14.5 Å². The monoisotopic (exact) mass is 316 g/mol. The van der Waals surface area contributed by atoms with Gasteiger partial charge in [-0.25, -0.2) is 4.98 Å². The zero-order valence-electron chi connectivity index (χ0n) is 13.5. The van der Waals surface area contributed by atoms with E-state index in [-0.39, 0.29) is 12.5 Å². The summed E-state index contributed by atoms with van der Waals surface area (Å²) in [5.74, 6) is 0.972. The summed E-state index contributed by atoms with van der Waals surface area (Å²) in [7, 11) is 0. The molecule has 2 aromatic rings.